The van der Waals surface area contributed by atoms with Crippen molar-refractivity contribution in [3.05, 3.63) is 124 Å². The van der Waals surface area contributed by atoms with Gasteiger partial charge in [0, 0.05) is 23.5 Å². The maximum absolute atomic E-state index is 14.7. The molecule has 10 heteroatoms. The molecule has 48 heavy (non-hydrogen) atoms. The van der Waals surface area contributed by atoms with E-state index in [4.69, 9.17) is 4.74 Å². The summed E-state index contributed by atoms with van der Waals surface area (Å²) in [6, 6.07) is 29.4. The first-order chi connectivity index (χ1) is 23.1. The van der Waals surface area contributed by atoms with E-state index in [0.29, 0.717) is 11.4 Å². The molecule has 4 aromatic carbocycles. The number of ether oxygens (including phenoxy) is 1. The molecular formula is C38H42BrN3O5S. The molecule has 1 fully saturated rings. The van der Waals surface area contributed by atoms with Gasteiger partial charge in [-0.3, -0.25) is 13.9 Å². The van der Waals surface area contributed by atoms with Crippen LogP contribution in [0, 0.1) is 6.92 Å². The van der Waals surface area contributed by atoms with Crippen molar-refractivity contribution in [2.24, 2.45) is 0 Å². The SMILES string of the molecule is COc1ccc(S(=O)(=O)N(CC(=O)N(Cc2ccc(Br)cc2)C(Cc2ccccc2)C(=O)NC2CCCCC2)c2ccc(C)cc2)cc1. The first-order valence-corrected chi connectivity index (χ1v) is 18.5. The minimum absolute atomic E-state index is 0.0204. The number of nitrogens with one attached hydrogen (secondary N) is 1. The van der Waals surface area contributed by atoms with Crippen molar-refractivity contribution in [3.63, 3.8) is 0 Å². The lowest BCUT2D eigenvalue weighted by Crippen LogP contribution is -2.55. The van der Waals surface area contributed by atoms with E-state index in [9.17, 15) is 18.0 Å². The zero-order valence-corrected chi connectivity index (χ0v) is 29.8. The highest BCUT2D eigenvalue weighted by molar-refractivity contribution is 9.10. The number of rotatable bonds is 13. The van der Waals surface area contributed by atoms with E-state index in [1.807, 2.05) is 73.7 Å². The summed E-state index contributed by atoms with van der Waals surface area (Å²) in [5, 5.41) is 3.24. The topological polar surface area (TPSA) is 96.0 Å². The molecule has 1 N–H and O–H groups in total. The van der Waals surface area contributed by atoms with Gasteiger partial charge >= 0.3 is 0 Å². The molecular weight excluding hydrogens is 690 g/mol. The number of sulfonamides is 1. The molecule has 1 unspecified atom stereocenters. The number of aryl methyl sites for hydroxylation is 1. The predicted molar refractivity (Wildman–Crippen MR) is 192 cm³/mol. The summed E-state index contributed by atoms with van der Waals surface area (Å²) in [5.41, 5.74) is 3.01. The molecule has 0 aliphatic heterocycles. The molecule has 1 saturated carbocycles. The van der Waals surface area contributed by atoms with E-state index in [1.54, 1.807) is 29.2 Å². The molecule has 4 aromatic rings. The van der Waals surface area contributed by atoms with Gasteiger partial charge in [0.25, 0.3) is 10.0 Å². The lowest BCUT2D eigenvalue weighted by Gasteiger charge is -2.35. The van der Waals surface area contributed by atoms with E-state index < -0.39 is 28.5 Å². The van der Waals surface area contributed by atoms with E-state index in [1.165, 1.54) is 19.2 Å². The number of anilines is 1. The van der Waals surface area contributed by atoms with Crippen LogP contribution in [0.3, 0.4) is 0 Å². The van der Waals surface area contributed by atoms with Crippen LogP contribution in [0.5, 0.6) is 5.75 Å². The summed E-state index contributed by atoms with van der Waals surface area (Å²) in [6.45, 7) is 1.53. The Morgan fingerprint density at radius 1 is 0.854 bits per heavy atom. The van der Waals surface area contributed by atoms with E-state index in [2.05, 4.69) is 21.2 Å². The van der Waals surface area contributed by atoms with Crippen LogP contribution in [-0.2, 0) is 32.6 Å². The van der Waals surface area contributed by atoms with Crippen molar-refractivity contribution in [2.45, 2.75) is 69.0 Å². The number of amides is 2. The Morgan fingerprint density at radius 2 is 1.50 bits per heavy atom. The van der Waals surface area contributed by atoms with Gasteiger partial charge in [-0.25, -0.2) is 8.42 Å². The van der Waals surface area contributed by atoms with Gasteiger partial charge < -0.3 is 15.0 Å². The van der Waals surface area contributed by atoms with Gasteiger partial charge in [-0.15, -0.1) is 0 Å². The number of hydrogen-bond acceptors (Lipinski definition) is 5. The van der Waals surface area contributed by atoms with Crippen LogP contribution in [-0.4, -0.2) is 50.9 Å². The summed E-state index contributed by atoms with van der Waals surface area (Å²) in [6.07, 6.45) is 5.30. The van der Waals surface area contributed by atoms with Crippen LogP contribution in [0.1, 0.15) is 48.8 Å². The van der Waals surface area contributed by atoms with Gasteiger partial charge in [-0.2, -0.15) is 0 Å². The Labute approximate surface area is 292 Å². The average Bonchev–Trinajstić information content (AvgIpc) is 3.10. The van der Waals surface area contributed by atoms with Crippen molar-refractivity contribution >= 4 is 43.5 Å². The van der Waals surface area contributed by atoms with Crippen LogP contribution in [0.25, 0.3) is 0 Å². The minimum Gasteiger partial charge on any atom is -0.497 e. The molecule has 0 saturated heterocycles. The van der Waals surface area contributed by atoms with Gasteiger partial charge in [0.05, 0.1) is 17.7 Å². The molecule has 5 rings (SSSR count). The highest BCUT2D eigenvalue weighted by Gasteiger charge is 2.35. The van der Waals surface area contributed by atoms with Crippen LogP contribution in [0.4, 0.5) is 5.69 Å². The molecule has 0 aromatic heterocycles. The third kappa shape index (κ3) is 9.05. The molecule has 1 atom stereocenters. The van der Waals surface area contributed by atoms with Crippen LogP contribution >= 0.6 is 15.9 Å². The lowest BCUT2D eigenvalue weighted by molar-refractivity contribution is -0.140. The zero-order chi connectivity index (χ0) is 34.1. The fourth-order valence-electron chi connectivity index (χ4n) is 6.00. The Morgan fingerprint density at radius 3 is 2.12 bits per heavy atom. The lowest BCUT2D eigenvalue weighted by atomic mass is 9.94. The second-order valence-corrected chi connectivity index (χ2v) is 15.0. The maximum Gasteiger partial charge on any atom is 0.264 e. The van der Waals surface area contributed by atoms with Crippen LogP contribution < -0.4 is 14.4 Å². The number of benzene rings is 4. The quantitative estimate of drug-likeness (QED) is 0.159. The first kappa shape index (κ1) is 35.2. The summed E-state index contributed by atoms with van der Waals surface area (Å²) >= 11 is 3.48. The fourth-order valence-corrected chi connectivity index (χ4v) is 7.68. The van der Waals surface area contributed by atoms with Crippen molar-refractivity contribution in [2.75, 3.05) is 18.0 Å². The summed E-state index contributed by atoms with van der Waals surface area (Å²) < 4.78 is 35.8. The van der Waals surface area contributed by atoms with Crippen molar-refractivity contribution in [3.8, 4) is 5.75 Å². The maximum atomic E-state index is 14.7. The third-order valence-electron chi connectivity index (χ3n) is 8.74. The largest absolute Gasteiger partial charge is 0.497 e. The summed E-state index contributed by atoms with van der Waals surface area (Å²) in [7, 11) is -2.69. The molecule has 2 amide bonds. The number of carbonyl (C=O) groups is 2. The van der Waals surface area contributed by atoms with E-state index in [-0.39, 0.29) is 29.8 Å². The molecule has 0 heterocycles. The minimum atomic E-state index is -4.20. The highest BCUT2D eigenvalue weighted by atomic mass is 79.9. The Hall–Kier alpha value is -4.15. The number of hydrogen-bond donors (Lipinski definition) is 1. The number of methoxy groups -OCH3 is 1. The standard InChI is InChI=1S/C38H42BrN3O5S/c1-28-13-19-33(20-14-28)42(48(45,46)35-23-21-34(47-2)22-24-35)27-37(43)41(26-30-15-17-31(39)18-16-30)36(25-29-9-5-3-6-10-29)38(44)40-32-11-7-4-8-12-32/h3,5-6,9-10,13-24,32,36H,4,7-8,11-12,25-27H2,1-2H3,(H,40,44). The Balaban J connectivity index is 1.55. The van der Waals surface area contributed by atoms with Gasteiger partial charge in [0.1, 0.15) is 18.3 Å². The Bertz CT molecular complexity index is 1760. The molecule has 252 valence electrons. The molecule has 1 aliphatic rings. The van der Waals surface area contributed by atoms with Gasteiger partial charge in [-0.1, -0.05) is 95.4 Å². The smallest absolute Gasteiger partial charge is 0.264 e. The molecule has 8 nitrogen and oxygen atoms in total. The van der Waals surface area contributed by atoms with Crippen LogP contribution in [0.15, 0.2) is 112 Å². The predicted octanol–water partition coefficient (Wildman–Crippen LogP) is 7.05. The first-order valence-electron chi connectivity index (χ1n) is 16.3. The van der Waals surface area contributed by atoms with Crippen molar-refractivity contribution in [1.29, 1.82) is 0 Å². The zero-order valence-electron chi connectivity index (χ0n) is 27.3. The molecule has 0 spiro atoms. The van der Waals surface area contributed by atoms with Gasteiger partial charge in [-0.05, 0) is 79.4 Å². The fraction of sp³-hybridized carbons (Fsp3) is 0.316. The second-order valence-electron chi connectivity index (χ2n) is 12.2. The van der Waals surface area contributed by atoms with Crippen molar-refractivity contribution < 1.29 is 22.7 Å². The Kier molecular flexibility index (Phi) is 11.9. The number of carbonyl (C=O) groups excluding carboxylic acids is 2. The van der Waals surface area contributed by atoms with Gasteiger partial charge in [0.15, 0.2) is 0 Å². The monoisotopic (exact) mass is 731 g/mol. The second kappa shape index (κ2) is 16.3. The van der Waals surface area contributed by atoms with E-state index in [0.717, 1.165) is 57.6 Å². The number of halogens is 1. The molecule has 0 radical (unpaired) electrons. The highest BCUT2D eigenvalue weighted by Crippen LogP contribution is 2.27. The third-order valence-corrected chi connectivity index (χ3v) is 11.1. The normalized spacial score (nSPS) is 14.1. The average molecular weight is 733 g/mol. The summed E-state index contributed by atoms with van der Waals surface area (Å²) in [4.78, 5) is 30.5. The molecule has 1 aliphatic carbocycles. The van der Waals surface area contributed by atoms with Gasteiger partial charge in [0.2, 0.25) is 11.8 Å². The van der Waals surface area contributed by atoms with Crippen molar-refractivity contribution in [1.82, 2.24) is 10.2 Å². The summed E-state index contributed by atoms with van der Waals surface area (Å²) in [5.74, 6) is -0.216. The number of nitrogens with zero attached hydrogens (tertiary/aromatic N) is 2. The van der Waals surface area contributed by atoms with Crippen LogP contribution in [0.2, 0.25) is 0 Å². The molecule has 0 bridgehead atoms. The van der Waals surface area contributed by atoms with E-state index >= 15 is 0 Å².